The molecule has 7 nitrogen and oxygen atoms in total. The fourth-order valence-corrected chi connectivity index (χ4v) is 3.54. The standard InChI is InChI=1S/C26H23F3N4O3/c1-17-6-7-21(32-25(35)18-4-2-5-20(12-18)26(27,28)29)13-23(17)33-16-19(14-31-33)22-15-30-9-8-24(22)36-11-3-10-34/h2,4-9,12-16,34H,3,10-11H2,1H3,(H,32,35). The monoisotopic (exact) mass is 496 g/mol. The number of nitrogens with one attached hydrogen (secondary N) is 1. The van der Waals surface area contributed by atoms with Gasteiger partial charge in [0.25, 0.3) is 5.91 Å². The molecule has 0 saturated carbocycles. The van der Waals surface area contributed by atoms with E-state index in [2.05, 4.69) is 15.4 Å². The van der Waals surface area contributed by atoms with Crippen molar-refractivity contribution in [3.8, 4) is 22.6 Å². The van der Waals surface area contributed by atoms with Gasteiger partial charge >= 0.3 is 6.18 Å². The topological polar surface area (TPSA) is 89.3 Å². The van der Waals surface area contributed by atoms with Crippen molar-refractivity contribution in [3.63, 3.8) is 0 Å². The van der Waals surface area contributed by atoms with Gasteiger partial charge in [0.05, 0.1) is 24.1 Å². The molecule has 0 radical (unpaired) electrons. The molecule has 1 amide bonds. The Kier molecular flexibility index (Phi) is 7.35. The molecule has 2 aromatic heterocycles. The van der Waals surface area contributed by atoms with E-state index in [9.17, 15) is 18.0 Å². The number of pyridine rings is 1. The molecule has 4 aromatic rings. The summed E-state index contributed by atoms with van der Waals surface area (Å²) in [7, 11) is 0. The first-order chi connectivity index (χ1) is 17.3. The average molecular weight is 496 g/mol. The molecular weight excluding hydrogens is 473 g/mol. The Balaban J connectivity index is 1.57. The van der Waals surface area contributed by atoms with E-state index in [1.165, 1.54) is 12.1 Å². The van der Waals surface area contributed by atoms with E-state index < -0.39 is 17.6 Å². The number of hydrogen-bond donors (Lipinski definition) is 2. The van der Waals surface area contributed by atoms with Crippen LogP contribution in [-0.4, -0.2) is 39.0 Å². The zero-order chi connectivity index (χ0) is 25.7. The van der Waals surface area contributed by atoms with Crippen molar-refractivity contribution in [2.75, 3.05) is 18.5 Å². The molecule has 0 bridgehead atoms. The van der Waals surface area contributed by atoms with Crippen LogP contribution in [0.5, 0.6) is 5.75 Å². The Bertz CT molecular complexity index is 1370. The molecule has 186 valence electrons. The lowest BCUT2D eigenvalue weighted by atomic mass is 10.1. The summed E-state index contributed by atoms with van der Waals surface area (Å²) in [4.78, 5) is 16.8. The second kappa shape index (κ2) is 10.6. The van der Waals surface area contributed by atoms with E-state index in [-0.39, 0.29) is 12.2 Å². The molecule has 0 unspecified atom stereocenters. The lowest BCUT2D eigenvalue weighted by Crippen LogP contribution is -2.14. The molecule has 2 aromatic carbocycles. The van der Waals surface area contributed by atoms with Crippen molar-refractivity contribution in [3.05, 3.63) is 90.0 Å². The summed E-state index contributed by atoms with van der Waals surface area (Å²) < 4.78 is 46.4. The van der Waals surface area contributed by atoms with Crippen LogP contribution in [0.3, 0.4) is 0 Å². The van der Waals surface area contributed by atoms with Crippen LogP contribution in [0.4, 0.5) is 18.9 Å². The van der Waals surface area contributed by atoms with Crippen LogP contribution >= 0.6 is 0 Å². The third kappa shape index (κ3) is 5.72. The first-order valence-electron chi connectivity index (χ1n) is 11.1. The van der Waals surface area contributed by atoms with Crippen LogP contribution in [-0.2, 0) is 6.18 Å². The molecule has 0 atom stereocenters. The minimum Gasteiger partial charge on any atom is -0.493 e. The smallest absolute Gasteiger partial charge is 0.416 e. The highest BCUT2D eigenvalue weighted by atomic mass is 19.4. The van der Waals surface area contributed by atoms with Gasteiger partial charge in [-0.1, -0.05) is 12.1 Å². The number of carbonyl (C=O) groups excluding carboxylic acids is 1. The summed E-state index contributed by atoms with van der Waals surface area (Å²) in [5.74, 6) is -0.0473. The highest BCUT2D eigenvalue weighted by Crippen LogP contribution is 2.31. The van der Waals surface area contributed by atoms with Gasteiger partial charge in [-0.3, -0.25) is 9.78 Å². The van der Waals surface area contributed by atoms with E-state index in [1.807, 2.05) is 6.92 Å². The predicted molar refractivity (Wildman–Crippen MR) is 128 cm³/mol. The summed E-state index contributed by atoms with van der Waals surface area (Å²) >= 11 is 0. The second-order valence-corrected chi connectivity index (χ2v) is 8.00. The van der Waals surface area contributed by atoms with Gasteiger partial charge in [-0.2, -0.15) is 18.3 Å². The van der Waals surface area contributed by atoms with E-state index in [4.69, 9.17) is 9.84 Å². The number of aromatic nitrogens is 3. The first kappa shape index (κ1) is 24.9. The number of hydrogen-bond acceptors (Lipinski definition) is 5. The number of rotatable bonds is 8. The number of aliphatic hydroxyl groups is 1. The van der Waals surface area contributed by atoms with Crippen molar-refractivity contribution >= 4 is 11.6 Å². The van der Waals surface area contributed by atoms with Crippen LogP contribution < -0.4 is 10.1 Å². The maximum Gasteiger partial charge on any atom is 0.416 e. The molecule has 4 rings (SSSR count). The Morgan fingerprint density at radius 1 is 1.14 bits per heavy atom. The minimum absolute atomic E-state index is 0.0261. The zero-order valence-corrected chi connectivity index (χ0v) is 19.3. The van der Waals surface area contributed by atoms with Crippen molar-refractivity contribution in [2.24, 2.45) is 0 Å². The molecule has 2 N–H and O–H groups in total. The van der Waals surface area contributed by atoms with Gasteiger partial charge in [-0.05, 0) is 48.9 Å². The number of benzene rings is 2. The van der Waals surface area contributed by atoms with Crippen LogP contribution in [0.15, 0.2) is 73.3 Å². The number of aryl methyl sites for hydroxylation is 1. The van der Waals surface area contributed by atoms with Gasteiger partial charge in [0.2, 0.25) is 0 Å². The molecular formula is C26H23F3N4O3. The van der Waals surface area contributed by atoms with Crippen LogP contribution in [0.2, 0.25) is 0 Å². The van der Waals surface area contributed by atoms with E-state index >= 15 is 0 Å². The molecule has 2 heterocycles. The first-order valence-corrected chi connectivity index (χ1v) is 11.1. The van der Waals surface area contributed by atoms with E-state index in [0.717, 1.165) is 28.8 Å². The number of carbonyl (C=O) groups is 1. The fourth-order valence-electron chi connectivity index (χ4n) is 3.54. The van der Waals surface area contributed by atoms with Crippen molar-refractivity contribution in [2.45, 2.75) is 19.5 Å². The molecule has 0 aliphatic rings. The minimum atomic E-state index is -4.54. The molecule has 0 aliphatic carbocycles. The SMILES string of the molecule is Cc1ccc(NC(=O)c2cccc(C(F)(F)F)c2)cc1-n1cc(-c2cnccc2OCCCO)cn1. The summed E-state index contributed by atoms with van der Waals surface area (Å²) in [6, 6.07) is 11.1. The number of alkyl halides is 3. The predicted octanol–water partition coefficient (Wildman–Crippen LogP) is 5.28. The van der Waals surface area contributed by atoms with Gasteiger partial charge < -0.3 is 15.2 Å². The Morgan fingerprint density at radius 3 is 2.75 bits per heavy atom. The molecule has 0 saturated heterocycles. The summed E-state index contributed by atoms with van der Waals surface area (Å²) in [5.41, 5.74) is 2.44. The Morgan fingerprint density at radius 2 is 1.97 bits per heavy atom. The zero-order valence-electron chi connectivity index (χ0n) is 19.3. The normalized spacial score (nSPS) is 11.4. The second-order valence-electron chi connectivity index (χ2n) is 8.00. The molecule has 10 heteroatoms. The maximum atomic E-state index is 13.0. The number of anilines is 1. The highest BCUT2D eigenvalue weighted by molar-refractivity contribution is 6.04. The summed E-state index contributed by atoms with van der Waals surface area (Å²) in [6.45, 7) is 2.26. The van der Waals surface area contributed by atoms with Gasteiger partial charge in [-0.25, -0.2) is 4.68 Å². The summed E-state index contributed by atoms with van der Waals surface area (Å²) in [6.07, 6.45) is 2.68. The van der Waals surface area contributed by atoms with Crippen molar-refractivity contribution < 1.29 is 27.8 Å². The lowest BCUT2D eigenvalue weighted by Gasteiger charge is -2.12. The Labute approximate surface area is 205 Å². The molecule has 0 spiro atoms. The fraction of sp³-hybridized carbons (Fsp3) is 0.192. The Hall–Kier alpha value is -4.18. The van der Waals surface area contributed by atoms with Crippen LogP contribution in [0.1, 0.15) is 27.9 Å². The quantitative estimate of drug-likeness (QED) is 0.324. The number of nitrogens with zero attached hydrogens (tertiary/aromatic N) is 3. The molecule has 0 fully saturated rings. The number of ether oxygens (including phenoxy) is 1. The van der Waals surface area contributed by atoms with Gasteiger partial charge in [0.15, 0.2) is 0 Å². The molecule has 36 heavy (non-hydrogen) atoms. The third-order valence-electron chi connectivity index (χ3n) is 5.40. The lowest BCUT2D eigenvalue weighted by molar-refractivity contribution is -0.137. The maximum absolute atomic E-state index is 13.0. The van der Waals surface area contributed by atoms with E-state index in [1.54, 1.807) is 53.7 Å². The highest BCUT2D eigenvalue weighted by Gasteiger charge is 2.30. The summed E-state index contributed by atoms with van der Waals surface area (Å²) in [5, 5.41) is 16.1. The van der Waals surface area contributed by atoms with Gasteiger partial charge in [0.1, 0.15) is 5.75 Å². The van der Waals surface area contributed by atoms with Crippen molar-refractivity contribution in [1.82, 2.24) is 14.8 Å². The number of aliphatic hydroxyl groups excluding tert-OH is 1. The third-order valence-corrected chi connectivity index (χ3v) is 5.40. The average Bonchev–Trinajstić information content (AvgIpc) is 3.35. The van der Waals surface area contributed by atoms with Gasteiger partial charge in [-0.15, -0.1) is 0 Å². The largest absolute Gasteiger partial charge is 0.493 e. The van der Waals surface area contributed by atoms with Crippen LogP contribution in [0.25, 0.3) is 16.8 Å². The van der Waals surface area contributed by atoms with Crippen molar-refractivity contribution in [1.29, 1.82) is 0 Å². The van der Waals surface area contributed by atoms with E-state index in [0.29, 0.717) is 30.2 Å². The number of amides is 1. The molecule has 0 aliphatic heterocycles. The number of halogens is 3. The van der Waals surface area contributed by atoms with Gasteiger partial charge in [0, 0.05) is 54.0 Å². The van der Waals surface area contributed by atoms with Crippen LogP contribution in [0, 0.1) is 6.92 Å².